The number of hydrogen-bond acceptors (Lipinski definition) is 3. The Morgan fingerprint density at radius 3 is 2.53 bits per heavy atom. The average Bonchev–Trinajstić information content (AvgIpc) is 2.83. The number of nitrogens with one attached hydrogen (secondary N) is 1. The normalized spacial score (nSPS) is 42.6. The van der Waals surface area contributed by atoms with E-state index in [-0.39, 0.29) is 0 Å². The van der Waals surface area contributed by atoms with Crippen LogP contribution in [0.1, 0.15) is 32.1 Å². The lowest BCUT2D eigenvalue weighted by atomic mass is 9.93. The van der Waals surface area contributed by atoms with Crippen molar-refractivity contribution in [3.63, 3.8) is 0 Å². The molecule has 1 N–H and O–H groups in total. The number of rotatable bonds is 2. The van der Waals surface area contributed by atoms with Crippen LogP contribution >= 0.6 is 0 Å². The van der Waals surface area contributed by atoms with E-state index in [1.807, 2.05) is 0 Å². The molecule has 3 aliphatic rings. The van der Waals surface area contributed by atoms with Gasteiger partial charge in [-0.3, -0.25) is 0 Å². The van der Waals surface area contributed by atoms with Crippen molar-refractivity contribution in [2.24, 2.45) is 0 Å². The topological polar surface area (TPSA) is 24.5 Å². The Bertz CT molecular complexity index is 226. The Labute approximate surface area is 92.2 Å². The van der Waals surface area contributed by atoms with Crippen molar-refractivity contribution in [3.05, 3.63) is 0 Å². The average molecular weight is 210 g/mol. The maximum atomic E-state index is 5.87. The summed E-state index contributed by atoms with van der Waals surface area (Å²) < 4.78 is 5.87. The second kappa shape index (κ2) is 4.04. The number of hydrogen-bond donors (Lipinski definition) is 1. The molecule has 3 nitrogen and oxygen atoms in total. The van der Waals surface area contributed by atoms with Crippen molar-refractivity contribution in [2.75, 3.05) is 20.1 Å². The predicted octanol–water partition coefficient (Wildman–Crippen LogP) is 0.990. The molecule has 0 spiro atoms. The fraction of sp³-hybridized carbons (Fsp3) is 1.00. The molecule has 3 unspecified atom stereocenters. The summed E-state index contributed by atoms with van der Waals surface area (Å²) in [5.74, 6) is 0. The molecule has 3 aliphatic heterocycles. The highest BCUT2D eigenvalue weighted by atomic mass is 16.5. The van der Waals surface area contributed by atoms with Crippen molar-refractivity contribution in [2.45, 2.75) is 56.4 Å². The first-order chi connectivity index (χ1) is 7.31. The van der Waals surface area contributed by atoms with Crippen molar-refractivity contribution in [1.29, 1.82) is 0 Å². The van der Waals surface area contributed by atoms with E-state index in [1.54, 1.807) is 0 Å². The molecular weight excluding hydrogens is 188 g/mol. The van der Waals surface area contributed by atoms with Gasteiger partial charge in [0.05, 0.1) is 12.2 Å². The fourth-order valence-corrected chi connectivity index (χ4v) is 3.29. The van der Waals surface area contributed by atoms with Crippen molar-refractivity contribution >= 4 is 0 Å². The molecular formula is C12H22N2O. The third-order valence-corrected chi connectivity index (χ3v) is 4.27. The van der Waals surface area contributed by atoms with Gasteiger partial charge >= 0.3 is 0 Å². The highest BCUT2D eigenvalue weighted by molar-refractivity contribution is 4.95. The molecule has 15 heavy (non-hydrogen) atoms. The van der Waals surface area contributed by atoms with Crippen LogP contribution in [0.3, 0.4) is 0 Å². The molecule has 3 rings (SSSR count). The number of likely N-dealkylation sites (tertiary alicyclic amines) is 1. The summed E-state index contributed by atoms with van der Waals surface area (Å²) in [6.45, 7) is 2.50. The summed E-state index contributed by atoms with van der Waals surface area (Å²) in [7, 11) is 2.22. The first-order valence-corrected chi connectivity index (χ1v) is 6.41. The second-order valence-electron chi connectivity index (χ2n) is 5.46. The van der Waals surface area contributed by atoms with Crippen molar-refractivity contribution in [1.82, 2.24) is 10.2 Å². The minimum Gasteiger partial charge on any atom is -0.373 e. The van der Waals surface area contributed by atoms with E-state index >= 15 is 0 Å². The second-order valence-corrected chi connectivity index (χ2v) is 5.46. The molecule has 3 heterocycles. The number of nitrogens with zero attached hydrogens (tertiary/aromatic N) is 1. The van der Waals surface area contributed by atoms with E-state index in [0.717, 1.165) is 6.04 Å². The molecule has 3 saturated heterocycles. The lowest BCUT2D eigenvalue weighted by molar-refractivity contribution is 0.0940. The Morgan fingerprint density at radius 1 is 1.13 bits per heavy atom. The van der Waals surface area contributed by atoms with Crippen LogP contribution in [0.2, 0.25) is 0 Å². The zero-order chi connectivity index (χ0) is 10.3. The van der Waals surface area contributed by atoms with Gasteiger partial charge in [-0.05, 0) is 52.2 Å². The minimum absolute atomic E-state index is 0.537. The molecule has 0 aromatic rings. The summed E-state index contributed by atoms with van der Waals surface area (Å²) >= 11 is 0. The van der Waals surface area contributed by atoms with Crippen molar-refractivity contribution in [3.8, 4) is 0 Å². The molecule has 0 radical (unpaired) electrons. The van der Waals surface area contributed by atoms with Crippen LogP contribution in [-0.4, -0.2) is 49.3 Å². The highest BCUT2D eigenvalue weighted by Crippen LogP contribution is 2.34. The van der Waals surface area contributed by atoms with Crippen LogP contribution in [0.15, 0.2) is 0 Å². The standard InChI is InChI=1S/C12H22N2O/c1-14-6-4-9(5-7-14)13-11-8-10-2-3-12(11)15-10/h9-13H,2-8H2,1H3. The van der Waals surface area contributed by atoms with Gasteiger partial charge in [-0.15, -0.1) is 0 Å². The maximum Gasteiger partial charge on any atom is 0.0733 e. The SMILES string of the molecule is CN1CCC(NC2CC3CCC2O3)CC1. The number of piperidine rings is 1. The van der Waals surface area contributed by atoms with E-state index in [1.165, 1.54) is 45.2 Å². The minimum atomic E-state index is 0.537. The third kappa shape index (κ3) is 2.05. The van der Waals surface area contributed by atoms with Gasteiger partial charge in [0.25, 0.3) is 0 Å². The summed E-state index contributed by atoms with van der Waals surface area (Å²) in [6, 6.07) is 1.41. The van der Waals surface area contributed by atoms with Crippen LogP contribution in [-0.2, 0) is 4.74 Å². The monoisotopic (exact) mass is 210 g/mol. The van der Waals surface area contributed by atoms with E-state index in [4.69, 9.17) is 4.74 Å². The van der Waals surface area contributed by atoms with Gasteiger partial charge in [0.1, 0.15) is 0 Å². The molecule has 86 valence electrons. The zero-order valence-corrected chi connectivity index (χ0v) is 9.61. The zero-order valence-electron chi connectivity index (χ0n) is 9.61. The molecule has 0 saturated carbocycles. The molecule has 0 aromatic carbocycles. The van der Waals surface area contributed by atoms with Crippen LogP contribution < -0.4 is 5.32 Å². The van der Waals surface area contributed by atoms with Gasteiger partial charge in [0, 0.05) is 12.1 Å². The van der Waals surface area contributed by atoms with Crippen LogP contribution in [0.5, 0.6) is 0 Å². The fourth-order valence-electron chi connectivity index (χ4n) is 3.29. The van der Waals surface area contributed by atoms with E-state index in [9.17, 15) is 0 Å². The van der Waals surface area contributed by atoms with Gasteiger partial charge < -0.3 is 15.0 Å². The largest absolute Gasteiger partial charge is 0.373 e. The molecule has 0 amide bonds. The Kier molecular flexibility index (Phi) is 2.71. The van der Waals surface area contributed by atoms with E-state index in [0.29, 0.717) is 18.2 Å². The Morgan fingerprint density at radius 2 is 1.93 bits per heavy atom. The van der Waals surface area contributed by atoms with E-state index < -0.39 is 0 Å². The molecule has 0 aromatic heterocycles. The lowest BCUT2D eigenvalue weighted by Crippen LogP contribution is -2.48. The maximum absolute atomic E-state index is 5.87. The summed E-state index contributed by atoms with van der Waals surface area (Å²) in [6.07, 6.45) is 7.59. The predicted molar refractivity (Wildman–Crippen MR) is 60.0 cm³/mol. The van der Waals surface area contributed by atoms with Crippen molar-refractivity contribution < 1.29 is 4.74 Å². The van der Waals surface area contributed by atoms with Crippen LogP contribution in [0, 0.1) is 0 Å². The molecule has 2 bridgehead atoms. The Balaban J connectivity index is 1.49. The first kappa shape index (κ1) is 10.1. The van der Waals surface area contributed by atoms with Gasteiger partial charge in [0.15, 0.2) is 0 Å². The summed E-state index contributed by atoms with van der Waals surface area (Å²) in [5.41, 5.74) is 0. The van der Waals surface area contributed by atoms with Gasteiger partial charge in [-0.1, -0.05) is 0 Å². The molecule has 0 aliphatic carbocycles. The quantitative estimate of drug-likeness (QED) is 0.735. The van der Waals surface area contributed by atoms with Gasteiger partial charge in [-0.2, -0.15) is 0 Å². The van der Waals surface area contributed by atoms with Crippen LogP contribution in [0.25, 0.3) is 0 Å². The molecule has 3 heteroatoms. The third-order valence-electron chi connectivity index (χ3n) is 4.27. The number of fused-ring (bicyclic) bond motifs is 2. The smallest absolute Gasteiger partial charge is 0.0733 e. The highest BCUT2D eigenvalue weighted by Gasteiger charge is 2.41. The van der Waals surface area contributed by atoms with Crippen LogP contribution in [0.4, 0.5) is 0 Å². The van der Waals surface area contributed by atoms with Gasteiger partial charge in [0.2, 0.25) is 0 Å². The first-order valence-electron chi connectivity index (χ1n) is 6.41. The number of ether oxygens (including phenoxy) is 1. The Hall–Kier alpha value is -0.120. The summed E-state index contributed by atoms with van der Waals surface area (Å²) in [5, 5.41) is 3.82. The van der Waals surface area contributed by atoms with Gasteiger partial charge in [-0.25, -0.2) is 0 Å². The molecule has 3 atom stereocenters. The van der Waals surface area contributed by atoms with E-state index in [2.05, 4.69) is 17.3 Å². The molecule has 3 fully saturated rings. The lowest BCUT2D eigenvalue weighted by Gasteiger charge is -2.33. The summed E-state index contributed by atoms with van der Waals surface area (Å²) in [4.78, 5) is 2.43.